The highest BCUT2D eigenvalue weighted by atomic mass is 16.6. The van der Waals surface area contributed by atoms with Crippen molar-refractivity contribution in [1.29, 1.82) is 0 Å². The van der Waals surface area contributed by atoms with E-state index < -0.39 is 18.1 Å². The Morgan fingerprint density at radius 1 is 1.12 bits per heavy atom. The number of amides is 1. The Morgan fingerprint density at radius 2 is 1.79 bits per heavy atom. The highest BCUT2D eigenvalue weighted by Crippen LogP contribution is 2.38. The Hall–Kier alpha value is -2.82. The number of hydrogen-bond donors (Lipinski definition) is 1. The summed E-state index contributed by atoms with van der Waals surface area (Å²) >= 11 is 0. The second kappa shape index (κ2) is 6.35. The summed E-state index contributed by atoms with van der Waals surface area (Å²) in [5.74, 6) is -1.03. The fraction of sp³-hybridized carbons (Fsp3) is 0.263. The van der Waals surface area contributed by atoms with E-state index >= 15 is 0 Å². The van der Waals surface area contributed by atoms with E-state index in [4.69, 9.17) is 4.74 Å². The molecular weight excluding hydrogens is 306 g/mol. The monoisotopic (exact) mass is 325 g/mol. The first kappa shape index (κ1) is 16.1. The first-order valence-electron chi connectivity index (χ1n) is 7.81. The van der Waals surface area contributed by atoms with Crippen molar-refractivity contribution in [2.45, 2.75) is 32.9 Å². The van der Waals surface area contributed by atoms with E-state index in [9.17, 15) is 14.7 Å². The number of anilines is 1. The van der Waals surface area contributed by atoms with Crippen LogP contribution in [0.1, 0.15) is 22.3 Å². The van der Waals surface area contributed by atoms with E-state index in [0.29, 0.717) is 12.1 Å². The molecule has 1 N–H and O–H groups in total. The molecule has 124 valence electrons. The van der Waals surface area contributed by atoms with Gasteiger partial charge in [0.05, 0.1) is 5.69 Å². The normalized spacial score (nSPS) is 15.9. The Labute approximate surface area is 140 Å². The largest absolute Gasteiger partial charge is 0.480 e. The van der Waals surface area contributed by atoms with Gasteiger partial charge < -0.3 is 9.84 Å². The molecule has 24 heavy (non-hydrogen) atoms. The smallest absolute Gasteiger partial charge is 0.415 e. The van der Waals surface area contributed by atoms with Gasteiger partial charge in [0.15, 0.2) is 0 Å². The van der Waals surface area contributed by atoms with Gasteiger partial charge in [0.1, 0.15) is 12.6 Å². The van der Waals surface area contributed by atoms with Crippen LogP contribution < -0.4 is 4.90 Å². The summed E-state index contributed by atoms with van der Waals surface area (Å²) in [6, 6.07) is 12.2. The molecule has 0 unspecified atom stereocenters. The van der Waals surface area contributed by atoms with E-state index in [1.807, 2.05) is 56.3 Å². The van der Waals surface area contributed by atoms with Gasteiger partial charge in [-0.15, -0.1) is 0 Å². The molecule has 0 spiro atoms. The fourth-order valence-electron chi connectivity index (χ4n) is 3.09. The SMILES string of the molecule is Cc1ccc(C)c2c1C[C@H](C(=O)O)N2C(=O)OCc1ccccc1. The molecule has 1 heterocycles. The van der Waals surface area contributed by atoms with Gasteiger partial charge in [0.2, 0.25) is 0 Å². The van der Waals surface area contributed by atoms with Gasteiger partial charge in [-0.1, -0.05) is 42.5 Å². The number of fused-ring (bicyclic) bond motifs is 1. The molecule has 3 rings (SSSR count). The topological polar surface area (TPSA) is 66.8 Å². The van der Waals surface area contributed by atoms with Gasteiger partial charge >= 0.3 is 12.1 Å². The van der Waals surface area contributed by atoms with Crippen molar-refractivity contribution < 1.29 is 19.4 Å². The van der Waals surface area contributed by atoms with Crippen LogP contribution in [-0.4, -0.2) is 23.2 Å². The summed E-state index contributed by atoms with van der Waals surface area (Å²) in [5, 5.41) is 9.52. The molecule has 5 nitrogen and oxygen atoms in total. The summed E-state index contributed by atoms with van der Waals surface area (Å²) in [6.45, 7) is 3.92. The van der Waals surface area contributed by atoms with Crippen LogP contribution in [0.25, 0.3) is 0 Å². The van der Waals surface area contributed by atoms with Crippen molar-refractivity contribution >= 4 is 17.7 Å². The minimum atomic E-state index is -1.03. The van der Waals surface area contributed by atoms with Crippen molar-refractivity contribution in [2.24, 2.45) is 0 Å². The summed E-state index contributed by atoms with van der Waals surface area (Å²) in [4.78, 5) is 25.5. The molecule has 0 fully saturated rings. The number of ether oxygens (including phenoxy) is 1. The van der Waals surface area contributed by atoms with Crippen LogP contribution in [0.2, 0.25) is 0 Å². The van der Waals surface area contributed by atoms with Crippen LogP contribution in [0.3, 0.4) is 0 Å². The molecule has 5 heteroatoms. The maximum Gasteiger partial charge on any atom is 0.415 e. The van der Waals surface area contributed by atoms with Crippen molar-refractivity contribution in [3.8, 4) is 0 Å². The van der Waals surface area contributed by atoms with Crippen LogP contribution in [0.4, 0.5) is 10.5 Å². The predicted molar refractivity (Wildman–Crippen MR) is 90.1 cm³/mol. The first-order valence-corrected chi connectivity index (χ1v) is 7.81. The lowest BCUT2D eigenvalue weighted by atomic mass is 10.0. The second-order valence-corrected chi connectivity index (χ2v) is 5.99. The van der Waals surface area contributed by atoms with Gasteiger partial charge in [0.25, 0.3) is 0 Å². The molecule has 0 aliphatic carbocycles. The molecule has 0 bridgehead atoms. The molecular formula is C19H19NO4. The zero-order chi connectivity index (χ0) is 17.3. The Morgan fingerprint density at radius 3 is 2.46 bits per heavy atom. The van der Waals surface area contributed by atoms with E-state index in [1.54, 1.807) is 0 Å². The zero-order valence-corrected chi connectivity index (χ0v) is 13.7. The molecule has 1 amide bonds. The average molecular weight is 325 g/mol. The number of carboxylic acids is 1. The maximum atomic E-state index is 12.6. The van der Waals surface area contributed by atoms with Gasteiger partial charge in [-0.2, -0.15) is 0 Å². The number of carboxylic acid groups (broad SMARTS) is 1. The third kappa shape index (κ3) is 2.85. The van der Waals surface area contributed by atoms with E-state index in [-0.39, 0.29) is 6.61 Å². The van der Waals surface area contributed by atoms with Gasteiger partial charge in [-0.3, -0.25) is 4.90 Å². The van der Waals surface area contributed by atoms with E-state index in [2.05, 4.69) is 0 Å². The molecule has 1 atom stereocenters. The number of hydrogen-bond acceptors (Lipinski definition) is 3. The number of carbonyl (C=O) groups is 2. The molecule has 0 saturated heterocycles. The minimum Gasteiger partial charge on any atom is -0.480 e. The van der Waals surface area contributed by atoms with Crippen LogP contribution in [0, 0.1) is 13.8 Å². The maximum absolute atomic E-state index is 12.6. The van der Waals surface area contributed by atoms with E-state index in [1.165, 1.54) is 4.90 Å². The fourth-order valence-corrected chi connectivity index (χ4v) is 3.09. The Bertz CT molecular complexity index is 785. The van der Waals surface area contributed by atoms with Crippen molar-refractivity contribution in [3.05, 3.63) is 64.7 Å². The van der Waals surface area contributed by atoms with Gasteiger partial charge in [0, 0.05) is 6.42 Å². The van der Waals surface area contributed by atoms with E-state index in [0.717, 1.165) is 22.3 Å². The van der Waals surface area contributed by atoms with Crippen LogP contribution in [0.15, 0.2) is 42.5 Å². The molecule has 0 aromatic heterocycles. The number of rotatable bonds is 3. The third-order valence-electron chi connectivity index (χ3n) is 4.36. The molecule has 1 aliphatic heterocycles. The summed E-state index contributed by atoms with van der Waals surface area (Å²) in [5.41, 5.74) is 4.29. The minimum absolute atomic E-state index is 0.114. The third-order valence-corrected chi connectivity index (χ3v) is 4.36. The summed E-state index contributed by atoms with van der Waals surface area (Å²) in [7, 11) is 0. The lowest BCUT2D eigenvalue weighted by molar-refractivity contribution is -0.138. The lowest BCUT2D eigenvalue weighted by Crippen LogP contribution is -2.43. The lowest BCUT2D eigenvalue weighted by Gasteiger charge is -2.23. The Kier molecular flexibility index (Phi) is 4.25. The predicted octanol–water partition coefficient (Wildman–Crippen LogP) is 3.46. The molecule has 1 aliphatic rings. The average Bonchev–Trinajstić information content (AvgIpc) is 2.99. The van der Waals surface area contributed by atoms with Crippen molar-refractivity contribution in [1.82, 2.24) is 0 Å². The highest BCUT2D eigenvalue weighted by Gasteiger charge is 2.41. The zero-order valence-electron chi connectivity index (χ0n) is 13.7. The number of carbonyl (C=O) groups excluding carboxylic acids is 1. The quantitative estimate of drug-likeness (QED) is 0.938. The van der Waals surface area contributed by atoms with Crippen molar-refractivity contribution in [2.75, 3.05) is 4.90 Å². The van der Waals surface area contributed by atoms with Gasteiger partial charge in [-0.25, -0.2) is 9.59 Å². The number of aryl methyl sites for hydroxylation is 2. The molecule has 0 radical (unpaired) electrons. The Balaban J connectivity index is 1.88. The summed E-state index contributed by atoms with van der Waals surface area (Å²) in [6.07, 6.45) is -0.322. The second-order valence-electron chi connectivity index (χ2n) is 5.99. The highest BCUT2D eigenvalue weighted by molar-refractivity contribution is 5.99. The number of aliphatic carboxylic acids is 1. The van der Waals surface area contributed by atoms with Gasteiger partial charge in [-0.05, 0) is 36.1 Å². The molecule has 0 saturated carbocycles. The van der Waals surface area contributed by atoms with Crippen LogP contribution in [0.5, 0.6) is 0 Å². The molecule has 2 aromatic rings. The van der Waals surface area contributed by atoms with Crippen LogP contribution in [-0.2, 0) is 22.6 Å². The number of nitrogens with zero attached hydrogens (tertiary/aromatic N) is 1. The van der Waals surface area contributed by atoms with Crippen molar-refractivity contribution in [3.63, 3.8) is 0 Å². The molecule has 2 aromatic carbocycles. The van der Waals surface area contributed by atoms with Crippen LogP contribution >= 0.6 is 0 Å². The summed E-state index contributed by atoms with van der Waals surface area (Å²) < 4.78 is 5.37. The number of benzene rings is 2. The first-order chi connectivity index (χ1) is 11.5. The standard InChI is InChI=1S/C19H19NO4/c1-12-8-9-13(2)17-15(12)10-16(18(21)22)20(17)19(23)24-11-14-6-4-3-5-7-14/h3-9,16H,10-11H2,1-2H3,(H,21,22)/t16-/m1/s1.